The van der Waals surface area contributed by atoms with Gasteiger partial charge in [-0.05, 0) is 31.2 Å². The number of aliphatic hydroxyl groups excluding tert-OH is 2. The minimum absolute atomic E-state index is 0.0639. The summed E-state index contributed by atoms with van der Waals surface area (Å²) in [6, 6.07) is 0. The molecule has 0 aliphatic rings. The van der Waals surface area contributed by atoms with Crippen LogP contribution in [0.1, 0.15) is 20.8 Å². The smallest absolute Gasteiger partial charge is 0.209 e. The number of hydrogen-bond donors (Lipinski definition) is 3. The molecule has 0 aromatic carbocycles. The van der Waals surface area contributed by atoms with Crippen molar-refractivity contribution in [1.82, 2.24) is 25.5 Å². The van der Waals surface area contributed by atoms with Gasteiger partial charge in [0.05, 0.1) is 19.3 Å². The van der Waals surface area contributed by atoms with Gasteiger partial charge >= 0.3 is 0 Å². The van der Waals surface area contributed by atoms with Gasteiger partial charge in [-0.3, -0.25) is 0 Å². The van der Waals surface area contributed by atoms with Crippen LogP contribution in [0.2, 0.25) is 0 Å². The number of rotatable bonds is 7. The summed E-state index contributed by atoms with van der Waals surface area (Å²) in [5.41, 5.74) is 0.0639. The van der Waals surface area contributed by atoms with E-state index < -0.39 is 6.10 Å². The van der Waals surface area contributed by atoms with E-state index in [1.54, 1.807) is 4.68 Å². The third-order valence-electron chi connectivity index (χ3n) is 2.09. The molecule has 1 rings (SSSR count). The van der Waals surface area contributed by atoms with Gasteiger partial charge in [-0.1, -0.05) is 11.8 Å². The first kappa shape index (κ1) is 15.4. The van der Waals surface area contributed by atoms with E-state index in [9.17, 15) is 5.11 Å². The number of hydrogen-bond acceptors (Lipinski definition) is 7. The second-order valence-corrected chi connectivity index (χ2v) is 6.00. The summed E-state index contributed by atoms with van der Waals surface area (Å²) >= 11 is 1.33. The highest BCUT2D eigenvalue weighted by atomic mass is 32.2. The van der Waals surface area contributed by atoms with Crippen LogP contribution in [-0.4, -0.2) is 61.0 Å². The lowest BCUT2D eigenvalue weighted by Gasteiger charge is -2.20. The molecule has 0 fully saturated rings. The number of aliphatic hydroxyl groups is 2. The maximum absolute atomic E-state index is 9.27. The van der Waals surface area contributed by atoms with Gasteiger partial charge in [-0.25, -0.2) is 4.68 Å². The maximum Gasteiger partial charge on any atom is 0.209 e. The highest BCUT2D eigenvalue weighted by molar-refractivity contribution is 7.99. The van der Waals surface area contributed by atoms with E-state index in [0.29, 0.717) is 17.5 Å². The molecule has 0 bridgehead atoms. The predicted octanol–water partition coefficient (Wildman–Crippen LogP) is -0.493. The Morgan fingerprint density at radius 3 is 2.78 bits per heavy atom. The lowest BCUT2D eigenvalue weighted by molar-refractivity contribution is 0.113. The van der Waals surface area contributed by atoms with Gasteiger partial charge in [0.15, 0.2) is 0 Å². The van der Waals surface area contributed by atoms with Gasteiger partial charge < -0.3 is 15.5 Å². The quantitative estimate of drug-likeness (QED) is 0.578. The molecule has 0 spiro atoms. The molecule has 1 aromatic rings. The Kier molecular flexibility index (Phi) is 6.00. The van der Waals surface area contributed by atoms with E-state index in [0.717, 1.165) is 6.54 Å². The van der Waals surface area contributed by atoms with Crippen LogP contribution in [0.4, 0.5) is 0 Å². The van der Waals surface area contributed by atoms with Crippen LogP contribution in [-0.2, 0) is 6.54 Å². The molecular weight excluding hydrogens is 254 g/mol. The summed E-state index contributed by atoms with van der Waals surface area (Å²) in [4.78, 5) is 0. The second-order valence-electron chi connectivity index (χ2n) is 5.01. The van der Waals surface area contributed by atoms with Gasteiger partial charge in [0.1, 0.15) is 0 Å². The van der Waals surface area contributed by atoms with Crippen molar-refractivity contribution in [2.75, 3.05) is 18.9 Å². The first-order chi connectivity index (χ1) is 8.42. The second kappa shape index (κ2) is 7.03. The Morgan fingerprint density at radius 2 is 2.17 bits per heavy atom. The third-order valence-corrected chi connectivity index (χ3v) is 3.20. The summed E-state index contributed by atoms with van der Waals surface area (Å²) in [6.45, 7) is 7.48. The predicted molar refractivity (Wildman–Crippen MR) is 69.4 cm³/mol. The average molecular weight is 275 g/mol. The van der Waals surface area contributed by atoms with E-state index in [1.165, 1.54) is 11.8 Å². The number of aromatic nitrogens is 4. The summed E-state index contributed by atoms with van der Waals surface area (Å²) in [6.07, 6.45) is -0.743. The van der Waals surface area contributed by atoms with Crippen LogP contribution in [0.3, 0.4) is 0 Å². The van der Waals surface area contributed by atoms with Crippen LogP contribution in [0.15, 0.2) is 5.16 Å². The zero-order valence-corrected chi connectivity index (χ0v) is 11.8. The molecular formula is C10H21N5O2S. The zero-order chi connectivity index (χ0) is 13.6. The Morgan fingerprint density at radius 1 is 1.44 bits per heavy atom. The van der Waals surface area contributed by atoms with Gasteiger partial charge in [0.25, 0.3) is 0 Å². The minimum atomic E-state index is -0.743. The molecule has 0 saturated carbocycles. The lowest BCUT2D eigenvalue weighted by Crippen LogP contribution is -2.38. The van der Waals surface area contributed by atoms with E-state index in [2.05, 4.69) is 41.6 Å². The molecule has 18 heavy (non-hydrogen) atoms. The Balaban J connectivity index is 2.40. The van der Waals surface area contributed by atoms with Gasteiger partial charge in [0.2, 0.25) is 5.16 Å². The van der Waals surface area contributed by atoms with Crippen LogP contribution in [0.5, 0.6) is 0 Å². The van der Waals surface area contributed by atoms with Crippen molar-refractivity contribution in [2.45, 2.75) is 44.1 Å². The molecule has 0 saturated heterocycles. The van der Waals surface area contributed by atoms with E-state index >= 15 is 0 Å². The average Bonchev–Trinajstić information content (AvgIpc) is 2.72. The molecule has 0 amide bonds. The Labute approximate surface area is 111 Å². The molecule has 3 N–H and O–H groups in total. The van der Waals surface area contributed by atoms with E-state index in [1.807, 2.05) is 0 Å². The van der Waals surface area contributed by atoms with Crippen molar-refractivity contribution in [1.29, 1.82) is 0 Å². The number of nitrogens with zero attached hydrogens (tertiary/aromatic N) is 4. The molecule has 1 unspecified atom stereocenters. The molecule has 0 aliphatic heterocycles. The molecule has 1 aromatic heterocycles. The summed E-state index contributed by atoms with van der Waals surface area (Å²) in [5, 5.41) is 33.4. The normalized spacial score (nSPS) is 13.8. The first-order valence-electron chi connectivity index (χ1n) is 5.85. The topological polar surface area (TPSA) is 96.1 Å². The monoisotopic (exact) mass is 275 g/mol. The molecule has 0 aliphatic carbocycles. The Hall–Kier alpha value is -0.700. The van der Waals surface area contributed by atoms with Crippen LogP contribution >= 0.6 is 11.8 Å². The van der Waals surface area contributed by atoms with Crippen molar-refractivity contribution in [3.63, 3.8) is 0 Å². The van der Waals surface area contributed by atoms with Crippen molar-refractivity contribution >= 4 is 11.8 Å². The highest BCUT2D eigenvalue weighted by Gasteiger charge is 2.12. The SMILES string of the molecule is CC(C)(C)NCCn1nnnc1SCC(O)CO. The summed E-state index contributed by atoms with van der Waals surface area (Å²) in [5.74, 6) is 0.379. The van der Waals surface area contributed by atoms with Crippen molar-refractivity contribution in [2.24, 2.45) is 0 Å². The van der Waals surface area contributed by atoms with Gasteiger partial charge in [0, 0.05) is 17.8 Å². The van der Waals surface area contributed by atoms with Crippen molar-refractivity contribution in [3.8, 4) is 0 Å². The maximum atomic E-state index is 9.27. The fraction of sp³-hybridized carbons (Fsp3) is 0.900. The molecule has 1 heterocycles. The summed E-state index contributed by atoms with van der Waals surface area (Å²) in [7, 11) is 0. The fourth-order valence-electron chi connectivity index (χ4n) is 1.20. The largest absolute Gasteiger partial charge is 0.394 e. The molecule has 1 atom stereocenters. The first-order valence-corrected chi connectivity index (χ1v) is 6.84. The van der Waals surface area contributed by atoms with Crippen molar-refractivity contribution in [3.05, 3.63) is 0 Å². The van der Waals surface area contributed by atoms with Crippen molar-refractivity contribution < 1.29 is 10.2 Å². The lowest BCUT2D eigenvalue weighted by atomic mass is 10.1. The third kappa shape index (κ3) is 5.76. The molecule has 104 valence electrons. The van der Waals surface area contributed by atoms with Crippen LogP contribution in [0, 0.1) is 0 Å². The standard InChI is InChI=1S/C10H21N5O2S/c1-10(2,3)11-4-5-15-9(12-13-14-15)18-7-8(17)6-16/h8,11,16-17H,4-7H2,1-3H3. The van der Waals surface area contributed by atoms with E-state index in [-0.39, 0.29) is 12.1 Å². The molecule has 7 nitrogen and oxygen atoms in total. The van der Waals surface area contributed by atoms with E-state index in [4.69, 9.17) is 5.11 Å². The van der Waals surface area contributed by atoms with Gasteiger partial charge in [-0.15, -0.1) is 5.10 Å². The zero-order valence-electron chi connectivity index (χ0n) is 11.0. The number of tetrazole rings is 1. The highest BCUT2D eigenvalue weighted by Crippen LogP contribution is 2.14. The fourth-order valence-corrected chi connectivity index (χ4v) is 2.02. The number of thioether (sulfide) groups is 1. The Bertz CT molecular complexity index is 352. The van der Waals surface area contributed by atoms with Crippen LogP contribution in [0.25, 0.3) is 0 Å². The van der Waals surface area contributed by atoms with Crippen LogP contribution < -0.4 is 5.32 Å². The summed E-state index contributed by atoms with van der Waals surface area (Å²) < 4.78 is 1.69. The van der Waals surface area contributed by atoms with Gasteiger partial charge in [-0.2, -0.15) is 0 Å². The molecule has 0 radical (unpaired) electrons. The minimum Gasteiger partial charge on any atom is -0.394 e. The number of nitrogens with one attached hydrogen (secondary N) is 1. The molecule has 8 heteroatoms.